The molecule has 32 heavy (non-hydrogen) atoms. The lowest BCUT2D eigenvalue weighted by Gasteiger charge is -2.23. The number of halogens is 1. The largest absolute Gasteiger partial charge is 0.382 e. The van der Waals surface area contributed by atoms with E-state index in [2.05, 4.69) is 61.6 Å². The van der Waals surface area contributed by atoms with Crippen molar-refractivity contribution in [2.75, 3.05) is 7.11 Å². The van der Waals surface area contributed by atoms with Crippen LogP contribution in [0.3, 0.4) is 0 Å². The van der Waals surface area contributed by atoms with Crippen LogP contribution in [0.5, 0.6) is 0 Å². The molecule has 0 radical (unpaired) electrons. The van der Waals surface area contributed by atoms with Gasteiger partial charge >= 0.3 is 0 Å². The van der Waals surface area contributed by atoms with E-state index < -0.39 is 0 Å². The minimum atomic E-state index is -0.214. The lowest BCUT2D eigenvalue weighted by molar-refractivity contribution is 0.106. The van der Waals surface area contributed by atoms with Crippen LogP contribution in [0.25, 0.3) is 0 Å². The predicted molar refractivity (Wildman–Crippen MR) is 144 cm³/mol. The molecule has 0 saturated heterocycles. The smallest absolute Gasteiger partial charge is 0.126 e. The van der Waals surface area contributed by atoms with Gasteiger partial charge in [-0.3, -0.25) is 0 Å². The number of allylic oxidation sites excluding steroid dienone is 4. The second kappa shape index (κ2) is 19.6. The zero-order valence-corrected chi connectivity index (χ0v) is 23.4. The van der Waals surface area contributed by atoms with Crippen LogP contribution in [0.15, 0.2) is 36.2 Å². The third-order valence-electron chi connectivity index (χ3n) is 7.09. The molecule has 0 N–H and O–H groups in total. The summed E-state index contributed by atoms with van der Waals surface area (Å²) in [5.74, 6) is 2.45. The Balaban J connectivity index is 0. The van der Waals surface area contributed by atoms with Gasteiger partial charge in [0.1, 0.15) is 5.83 Å². The summed E-state index contributed by atoms with van der Waals surface area (Å²) in [6, 6.07) is 0. The zero-order chi connectivity index (χ0) is 25.3. The fraction of sp³-hybridized carbons (Fsp3) is 0.800. The van der Waals surface area contributed by atoms with Gasteiger partial charge in [0.25, 0.3) is 0 Å². The average Bonchev–Trinajstić information content (AvgIpc) is 2.77. The van der Waals surface area contributed by atoms with Crippen LogP contribution in [0, 0.1) is 29.6 Å². The molecule has 0 saturated carbocycles. The van der Waals surface area contributed by atoms with Gasteiger partial charge in [-0.1, -0.05) is 94.2 Å². The number of ether oxygens (including phenoxy) is 1. The molecular formula is C30H57FO. The summed E-state index contributed by atoms with van der Waals surface area (Å²) in [4.78, 5) is 0. The molecule has 0 rings (SSSR count). The van der Waals surface area contributed by atoms with E-state index in [1.54, 1.807) is 13.2 Å². The third-order valence-corrected chi connectivity index (χ3v) is 7.09. The van der Waals surface area contributed by atoms with E-state index in [0.717, 1.165) is 36.7 Å². The second-order valence-electron chi connectivity index (χ2n) is 10.3. The maximum atomic E-state index is 14.7. The normalized spacial score (nSPS) is 17.4. The highest BCUT2D eigenvalue weighted by Crippen LogP contribution is 2.30. The molecule has 6 unspecified atom stereocenters. The van der Waals surface area contributed by atoms with Gasteiger partial charge in [0, 0.05) is 7.11 Å². The number of rotatable bonds is 16. The van der Waals surface area contributed by atoms with Crippen molar-refractivity contribution < 1.29 is 9.13 Å². The summed E-state index contributed by atoms with van der Waals surface area (Å²) in [6.07, 6.45) is 11.0. The van der Waals surface area contributed by atoms with Gasteiger partial charge in [-0.2, -0.15) is 0 Å². The van der Waals surface area contributed by atoms with E-state index in [4.69, 9.17) is 4.74 Å². The Morgan fingerprint density at radius 1 is 0.781 bits per heavy atom. The first-order chi connectivity index (χ1) is 14.9. The Kier molecular flexibility index (Phi) is 20.4. The van der Waals surface area contributed by atoms with E-state index >= 15 is 0 Å². The number of methoxy groups -OCH3 is 1. The first-order valence-electron chi connectivity index (χ1n) is 13.2. The Bertz CT molecular complexity index is 521. The van der Waals surface area contributed by atoms with Gasteiger partial charge < -0.3 is 4.74 Å². The van der Waals surface area contributed by atoms with E-state index in [1.165, 1.54) is 32.1 Å². The van der Waals surface area contributed by atoms with Crippen LogP contribution < -0.4 is 0 Å². The molecule has 0 fully saturated rings. The van der Waals surface area contributed by atoms with E-state index in [-0.39, 0.29) is 17.8 Å². The number of hydrogen-bond acceptors (Lipinski definition) is 1. The molecule has 0 aromatic rings. The predicted octanol–water partition coefficient (Wildman–Crippen LogP) is 10.3. The molecule has 0 aliphatic rings. The molecule has 1 nitrogen and oxygen atoms in total. The van der Waals surface area contributed by atoms with E-state index in [0.29, 0.717) is 17.4 Å². The van der Waals surface area contributed by atoms with Gasteiger partial charge in [-0.05, 0) is 79.4 Å². The molecule has 0 aromatic heterocycles. The van der Waals surface area contributed by atoms with E-state index in [1.807, 2.05) is 13.8 Å². The average molecular weight is 453 g/mol. The Morgan fingerprint density at radius 2 is 1.25 bits per heavy atom. The van der Waals surface area contributed by atoms with E-state index in [9.17, 15) is 4.39 Å². The van der Waals surface area contributed by atoms with Crippen molar-refractivity contribution in [3.8, 4) is 0 Å². The third kappa shape index (κ3) is 15.8. The first-order valence-corrected chi connectivity index (χ1v) is 13.2. The van der Waals surface area contributed by atoms with Crippen LogP contribution in [-0.4, -0.2) is 13.2 Å². The first kappa shape index (κ1) is 33.3. The van der Waals surface area contributed by atoms with Gasteiger partial charge in [-0.25, -0.2) is 4.39 Å². The molecule has 190 valence electrons. The molecule has 0 amide bonds. The van der Waals surface area contributed by atoms with Crippen molar-refractivity contribution in [3.05, 3.63) is 36.2 Å². The Labute approximate surface area is 202 Å². The maximum Gasteiger partial charge on any atom is 0.126 e. The maximum absolute atomic E-state index is 14.7. The molecule has 0 aliphatic heterocycles. The number of hydrogen-bond donors (Lipinski definition) is 0. The lowest BCUT2D eigenvalue weighted by atomic mass is 9.83. The molecule has 2 heteroatoms. The van der Waals surface area contributed by atoms with Crippen molar-refractivity contribution in [3.63, 3.8) is 0 Å². The zero-order valence-electron chi connectivity index (χ0n) is 23.4. The Hall–Kier alpha value is -0.890. The van der Waals surface area contributed by atoms with Crippen LogP contribution in [0.2, 0.25) is 0 Å². The topological polar surface area (TPSA) is 9.23 Å². The van der Waals surface area contributed by atoms with Crippen LogP contribution in [-0.2, 0) is 4.74 Å². The van der Waals surface area contributed by atoms with Gasteiger partial charge in [0.15, 0.2) is 0 Å². The van der Waals surface area contributed by atoms with Crippen molar-refractivity contribution >= 4 is 0 Å². The summed E-state index contributed by atoms with van der Waals surface area (Å²) >= 11 is 0. The van der Waals surface area contributed by atoms with Gasteiger partial charge in [0.05, 0.1) is 6.10 Å². The SMILES string of the molecule is C=C(/C=C(/F)C(=C)C(C)CCC(C)OC)C(C)CCC(C)C(C)CCC(C)CC.CCC. The fourth-order valence-corrected chi connectivity index (χ4v) is 3.43. The molecule has 6 atom stereocenters. The summed E-state index contributed by atoms with van der Waals surface area (Å²) in [5, 5.41) is 0. The monoisotopic (exact) mass is 452 g/mol. The second-order valence-corrected chi connectivity index (χ2v) is 10.3. The highest BCUT2D eigenvalue weighted by molar-refractivity contribution is 5.32. The van der Waals surface area contributed by atoms with Crippen LogP contribution in [0.4, 0.5) is 4.39 Å². The minimum Gasteiger partial charge on any atom is -0.382 e. The standard InChI is InChI=1S/C27H49FO.C3H8/c1-11-19(2)12-13-20(3)21(4)14-15-22(5)24(7)18-27(28)26(9)23(6)16-17-25(8)29-10;1-3-2/h18-23,25H,7,9,11-17H2,1-6,8,10H3;3H2,1-2H3/b27-18+;. The summed E-state index contributed by atoms with van der Waals surface area (Å²) in [6.45, 7) is 28.0. The van der Waals surface area contributed by atoms with Crippen LogP contribution in [0.1, 0.15) is 114 Å². The molecule has 0 aliphatic carbocycles. The summed E-state index contributed by atoms with van der Waals surface area (Å²) < 4.78 is 20.0. The fourth-order valence-electron chi connectivity index (χ4n) is 3.43. The van der Waals surface area contributed by atoms with Crippen molar-refractivity contribution in [2.45, 2.75) is 120 Å². The van der Waals surface area contributed by atoms with Crippen molar-refractivity contribution in [2.24, 2.45) is 29.6 Å². The summed E-state index contributed by atoms with van der Waals surface area (Å²) in [7, 11) is 1.71. The quantitative estimate of drug-likeness (QED) is 0.212. The lowest BCUT2D eigenvalue weighted by Crippen LogP contribution is -2.11. The van der Waals surface area contributed by atoms with Crippen LogP contribution >= 0.6 is 0 Å². The Morgan fingerprint density at radius 3 is 1.72 bits per heavy atom. The van der Waals surface area contributed by atoms with Gasteiger partial charge in [-0.15, -0.1) is 0 Å². The molecular weight excluding hydrogens is 395 g/mol. The molecule has 0 heterocycles. The molecule has 0 bridgehead atoms. The highest BCUT2D eigenvalue weighted by Gasteiger charge is 2.17. The van der Waals surface area contributed by atoms with Crippen molar-refractivity contribution in [1.29, 1.82) is 0 Å². The van der Waals surface area contributed by atoms with Crippen molar-refractivity contribution in [1.82, 2.24) is 0 Å². The minimum absolute atomic E-state index is 0.110. The van der Waals surface area contributed by atoms with Gasteiger partial charge in [0.2, 0.25) is 0 Å². The molecule has 0 aromatic carbocycles. The summed E-state index contributed by atoms with van der Waals surface area (Å²) in [5.41, 5.74) is 1.45. The molecule has 0 spiro atoms. The highest BCUT2D eigenvalue weighted by atomic mass is 19.1.